The zero-order valence-electron chi connectivity index (χ0n) is 11.2. The Balaban J connectivity index is 1.94. The van der Waals surface area contributed by atoms with E-state index < -0.39 is 0 Å². The van der Waals surface area contributed by atoms with Gasteiger partial charge < -0.3 is 20.0 Å². The molecule has 5 heteroatoms. The van der Waals surface area contributed by atoms with Gasteiger partial charge in [-0.1, -0.05) is 6.07 Å². The maximum Gasteiger partial charge on any atom is 0.323 e. The Bertz CT molecular complexity index is 631. The molecule has 1 aromatic heterocycles. The third-order valence-corrected chi connectivity index (χ3v) is 3.85. The van der Waals surface area contributed by atoms with E-state index in [1.807, 2.05) is 25.2 Å². The van der Waals surface area contributed by atoms with E-state index in [0.717, 1.165) is 29.4 Å². The van der Waals surface area contributed by atoms with Crippen LogP contribution in [0.2, 0.25) is 0 Å². The first kappa shape index (κ1) is 12.4. The zero-order valence-corrected chi connectivity index (χ0v) is 11.2. The standard InChI is InChI=1S/C14H19N3O2/c1-8-3-6-12(19-8)13(15-2)9-4-5-10-11(7-9)17-14(18)16-10/h4-5,7-8,12-13,15H,3,6H2,1-2H3,(H2,16,17,18). The average Bonchev–Trinajstić information content (AvgIpc) is 2.95. The number of hydrogen-bond acceptors (Lipinski definition) is 3. The molecule has 3 unspecified atom stereocenters. The lowest BCUT2D eigenvalue weighted by molar-refractivity contribution is 0.0333. The fourth-order valence-electron chi connectivity index (χ4n) is 2.89. The molecule has 1 fully saturated rings. The second-order valence-electron chi connectivity index (χ2n) is 5.21. The van der Waals surface area contributed by atoms with E-state index >= 15 is 0 Å². The van der Waals surface area contributed by atoms with Crippen LogP contribution in [-0.4, -0.2) is 29.2 Å². The fraction of sp³-hybridized carbons (Fsp3) is 0.500. The Hall–Kier alpha value is -1.59. The summed E-state index contributed by atoms with van der Waals surface area (Å²) < 4.78 is 5.94. The summed E-state index contributed by atoms with van der Waals surface area (Å²) in [6.07, 6.45) is 2.69. The molecular weight excluding hydrogens is 242 g/mol. The van der Waals surface area contributed by atoms with Crippen molar-refractivity contribution >= 4 is 11.0 Å². The average molecular weight is 261 g/mol. The minimum absolute atomic E-state index is 0.160. The molecule has 2 heterocycles. The first-order valence-corrected chi connectivity index (χ1v) is 6.72. The molecule has 0 saturated carbocycles. The number of likely N-dealkylation sites (N-methyl/N-ethyl adjacent to an activating group) is 1. The minimum Gasteiger partial charge on any atom is -0.373 e. The highest BCUT2D eigenvalue weighted by atomic mass is 16.5. The first-order valence-electron chi connectivity index (χ1n) is 6.72. The van der Waals surface area contributed by atoms with E-state index in [2.05, 4.69) is 22.2 Å². The normalized spacial score (nSPS) is 24.9. The summed E-state index contributed by atoms with van der Waals surface area (Å²) in [6, 6.07) is 6.15. The van der Waals surface area contributed by atoms with Gasteiger partial charge in [-0.05, 0) is 44.5 Å². The summed E-state index contributed by atoms with van der Waals surface area (Å²) in [5.41, 5.74) is 2.65. The number of aromatic amines is 2. The van der Waals surface area contributed by atoms with Gasteiger partial charge in [0.25, 0.3) is 0 Å². The van der Waals surface area contributed by atoms with Crippen LogP contribution in [0.5, 0.6) is 0 Å². The van der Waals surface area contributed by atoms with Gasteiger partial charge in [-0.25, -0.2) is 4.79 Å². The zero-order chi connectivity index (χ0) is 13.4. The monoisotopic (exact) mass is 261 g/mol. The molecule has 19 heavy (non-hydrogen) atoms. The summed E-state index contributed by atoms with van der Waals surface area (Å²) in [4.78, 5) is 16.8. The van der Waals surface area contributed by atoms with Crippen LogP contribution in [0.1, 0.15) is 31.4 Å². The number of hydrogen-bond donors (Lipinski definition) is 3. The molecule has 1 aromatic carbocycles. The smallest absolute Gasteiger partial charge is 0.323 e. The number of nitrogens with one attached hydrogen (secondary N) is 3. The summed E-state index contributed by atoms with van der Waals surface area (Å²) in [5, 5.41) is 3.33. The van der Waals surface area contributed by atoms with Crippen molar-refractivity contribution in [3.63, 3.8) is 0 Å². The van der Waals surface area contributed by atoms with E-state index in [1.165, 1.54) is 0 Å². The lowest BCUT2D eigenvalue weighted by Gasteiger charge is -2.23. The van der Waals surface area contributed by atoms with Crippen molar-refractivity contribution < 1.29 is 4.74 Å². The van der Waals surface area contributed by atoms with Crippen molar-refractivity contribution in [1.82, 2.24) is 15.3 Å². The van der Waals surface area contributed by atoms with Gasteiger partial charge in [-0.2, -0.15) is 0 Å². The molecule has 0 bridgehead atoms. The number of imidazole rings is 1. The van der Waals surface area contributed by atoms with Gasteiger partial charge in [0, 0.05) is 0 Å². The van der Waals surface area contributed by atoms with E-state index in [-0.39, 0.29) is 17.8 Å². The Labute approximate surface area is 111 Å². The Kier molecular flexibility index (Phi) is 3.16. The van der Waals surface area contributed by atoms with Crippen molar-refractivity contribution in [3.8, 4) is 0 Å². The molecular formula is C14H19N3O2. The summed E-state index contributed by atoms with van der Waals surface area (Å²) in [7, 11) is 1.95. The van der Waals surface area contributed by atoms with Crippen LogP contribution < -0.4 is 11.0 Å². The molecule has 3 atom stereocenters. The molecule has 0 amide bonds. The van der Waals surface area contributed by atoms with Crippen molar-refractivity contribution in [2.45, 2.75) is 38.0 Å². The van der Waals surface area contributed by atoms with Crippen LogP contribution in [0.3, 0.4) is 0 Å². The number of benzene rings is 1. The molecule has 1 aliphatic heterocycles. The molecule has 102 valence electrons. The van der Waals surface area contributed by atoms with Crippen molar-refractivity contribution in [2.75, 3.05) is 7.05 Å². The number of ether oxygens (including phenoxy) is 1. The van der Waals surface area contributed by atoms with Crippen LogP contribution in [0.25, 0.3) is 11.0 Å². The van der Waals surface area contributed by atoms with E-state index in [0.29, 0.717) is 6.10 Å². The van der Waals surface area contributed by atoms with Crippen LogP contribution in [0, 0.1) is 0 Å². The third kappa shape index (κ3) is 2.31. The Morgan fingerprint density at radius 3 is 2.79 bits per heavy atom. The molecule has 0 radical (unpaired) electrons. The van der Waals surface area contributed by atoms with Gasteiger partial charge in [-0.15, -0.1) is 0 Å². The highest BCUT2D eigenvalue weighted by Crippen LogP contribution is 2.30. The molecule has 3 N–H and O–H groups in total. The lowest BCUT2D eigenvalue weighted by atomic mass is 9.99. The predicted octanol–water partition coefficient (Wildman–Crippen LogP) is 1.68. The summed E-state index contributed by atoms with van der Waals surface area (Å²) in [6.45, 7) is 2.11. The lowest BCUT2D eigenvalue weighted by Crippen LogP contribution is -2.29. The molecule has 3 rings (SSSR count). The number of fused-ring (bicyclic) bond motifs is 1. The Morgan fingerprint density at radius 2 is 2.11 bits per heavy atom. The summed E-state index contributed by atoms with van der Waals surface area (Å²) in [5.74, 6) is 0. The van der Waals surface area contributed by atoms with Gasteiger partial charge in [0.2, 0.25) is 0 Å². The quantitative estimate of drug-likeness (QED) is 0.787. The largest absolute Gasteiger partial charge is 0.373 e. The van der Waals surface area contributed by atoms with Gasteiger partial charge >= 0.3 is 5.69 Å². The van der Waals surface area contributed by atoms with E-state index in [4.69, 9.17) is 4.74 Å². The number of rotatable bonds is 3. The molecule has 1 aliphatic rings. The second-order valence-corrected chi connectivity index (χ2v) is 5.21. The second kappa shape index (κ2) is 4.83. The highest BCUT2D eigenvalue weighted by Gasteiger charge is 2.29. The topological polar surface area (TPSA) is 69.9 Å². The molecule has 0 spiro atoms. The van der Waals surface area contributed by atoms with Crippen LogP contribution in [-0.2, 0) is 4.74 Å². The Morgan fingerprint density at radius 1 is 1.32 bits per heavy atom. The molecule has 1 saturated heterocycles. The van der Waals surface area contributed by atoms with Gasteiger partial charge in [-0.3, -0.25) is 0 Å². The van der Waals surface area contributed by atoms with Gasteiger partial charge in [0.1, 0.15) is 0 Å². The van der Waals surface area contributed by atoms with E-state index in [9.17, 15) is 4.79 Å². The SMILES string of the molecule is CNC(c1ccc2[nH]c(=O)[nH]c2c1)C1CCC(C)O1. The third-order valence-electron chi connectivity index (χ3n) is 3.85. The highest BCUT2D eigenvalue weighted by molar-refractivity contribution is 5.75. The van der Waals surface area contributed by atoms with Crippen LogP contribution in [0.15, 0.2) is 23.0 Å². The number of H-pyrrole nitrogens is 2. The predicted molar refractivity (Wildman–Crippen MR) is 74.3 cm³/mol. The maximum absolute atomic E-state index is 11.3. The summed E-state index contributed by atoms with van der Waals surface area (Å²) >= 11 is 0. The van der Waals surface area contributed by atoms with Gasteiger partial charge in [0.05, 0.1) is 29.3 Å². The van der Waals surface area contributed by atoms with Gasteiger partial charge in [0.15, 0.2) is 0 Å². The van der Waals surface area contributed by atoms with Crippen LogP contribution >= 0.6 is 0 Å². The maximum atomic E-state index is 11.3. The minimum atomic E-state index is -0.168. The molecule has 0 aliphatic carbocycles. The molecule has 5 nitrogen and oxygen atoms in total. The van der Waals surface area contributed by atoms with Crippen molar-refractivity contribution in [1.29, 1.82) is 0 Å². The fourth-order valence-corrected chi connectivity index (χ4v) is 2.89. The molecule has 2 aromatic rings. The van der Waals surface area contributed by atoms with E-state index in [1.54, 1.807) is 0 Å². The van der Waals surface area contributed by atoms with Crippen molar-refractivity contribution in [3.05, 3.63) is 34.2 Å². The number of aromatic nitrogens is 2. The van der Waals surface area contributed by atoms with Crippen LogP contribution in [0.4, 0.5) is 0 Å². The first-order chi connectivity index (χ1) is 9.17. The van der Waals surface area contributed by atoms with Crippen molar-refractivity contribution in [2.24, 2.45) is 0 Å².